The number of carbonyl (C=O) groups is 1. The summed E-state index contributed by atoms with van der Waals surface area (Å²) in [7, 11) is 0. The molecule has 0 atom stereocenters. The Labute approximate surface area is 209 Å². The minimum atomic E-state index is -0.105. The monoisotopic (exact) mass is 472 g/mol. The lowest BCUT2D eigenvalue weighted by molar-refractivity contribution is -0.115. The van der Waals surface area contributed by atoms with Crippen molar-refractivity contribution in [2.75, 3.05) is 0 Å². The summed E-state index contributed by atoms with van der Waals surface area (Å²) >= 11 is 1.63. The summed E-state index contributed by atoms with van der Waals surface area (Å²) in [6.45, 7) is 0.433. The summed E-state index contributed by atoms with van der Waals surface area (Å²) in [5.41, 5.74) is 6.67. The van der Waals surface area contributed by atoms with Crippen LogP contribution in [0.5, 0.6) is 0 Å². The van der Waals surface area contributed by atoms with Crippen LogP contribution in [0.2, 0.25) is 0 Å². The van der Waals surface area contributed by atoms with Crippen LogP contribution in [-0.2, 0) is 11.3 Å². The maximum absolute atomic E-state index is 13.2. The van der Waals surface area contributed by atoms with Gasteiger partial charge in [-0.1, -0.05) is 109 Å². The first-order chi connectivity index (χ1) is 17.3. The first-order valence-corrected chi connectivity index (χ1v) is 12.3. The van der Waals surface area contributed by atoms with Crippen molar-refractivity contribution < 1.29 is 4.79 Å². The molecular weight excluding hydrogens is 448 g/mol. The zero-order valence-corrected chi connectivity index (χ0v) is 19.9. The molecule has 0 aliphatic heterocycles. The van der Waals surface area contributed by atoms with Gasteiger partial charge in [-0.05, 0) is 28.8 Å². The van der Waals surface area contributed by atoms with Crippen molar-refractivity contribution in [3.8, 4) is 21.8 Å². The maximum atomic E-state index is 13.2. The Hall–Kier alpha value is -4.28. The molecule has 1 aromatic heterocycles. The number of nitrogens with one attached hydrogen (secondary N) is 1. The van der Waals surface area contributed by atoms with Gasteiger partial charge in [0.15, 0.2) is 0 Å². The maximum Gasteiger partial charge on any atom is 0.252 e. The summed E-state index contributed by atoms with van der Waals surface area (Å²) in [6, 6.07) is 38.1. The minimum absolute atomic E-state index is 0.105. The third kappa shape index (κ3) is 5.62. The quantitative estimate of drug-likeness (QED) is 0.199. The molecule has 5 aromatic rings. The molecule has 0 saturated carbocycles. The molecule has 1 N–H and O–H groups in total. The molecule has 3 nitrogen and oxygen atoms in total. The fraction of sp³-hybridized carbons (Fsp3) is 0.0323. The highest BCUT2D eigenvalue weighted by atomic mass is 32.1. The Morgan fingerprint density at radius 1 is 0.771 bits per heavy atom. The normalized spacial score (nSPS) is 11.3. The average molecular weight is 473 g/mol. The molecule has 35 heavy (non-hydrogen) atoms. The van der Waals surface area contributed by atoms with Crippen LogP contribution in [-0.4, -0.2) is 10.9 Å². The van der Waals surface area contributed by atoms with Crippen molar-refractivity contribution in [1.29, 1.82) is 0 Å². The third-order valence-electron chi connectivity index (χ3n) is 5.64. The molecule has 1 amide bonds. The molecule has 5 rings (SSSR count). The van der Waals surface area contributed by atoms with E-state index in [1.54, 1.807) is 11.3 Å². The number of hydrogen-bond acceptors (Lipinski definition) is 3. The van der Waals surface area contributed by atoms with Gasteiger partial charge in [0.2, 0.25) is 0 Å². The first kappa shape index (κ1) is 22.5. The lowest BCUT2D eigenvalue weighted by atomic mass is 10.0. The van der Waals surface area contributed by atoms with Crippen LogP contribution in [0.15, 0.2) is 121 Å². The summed E-state index contributed by atoms with van der Waals surface area (Å²) in [5.74, 6) is -0.105. The summed E-state index contributed by atoms with van der Waals surface area (Å²) in [6.07, 6.45) is 1.93. The summed E-state index contributed by atoms with van der Waals surface area (Å²) in [5, 5.41) is 6.15. The van der Waals surface area contributed by atoms with Gasteiger partial charge in [0.05, 0.1) is 5.69 Å². The van der Waals surface area contributed by atoms with Crippen LogP contribution in [0.1, 0.15) is 16.7 Å². The van der Waals surface area contributed by atoms with Gasteiger partial charge in [-0.2, -0.15) is 0 Å². The number of hydrogen-bond donors (Lipinski definition) is 1. The van der Waals surface area contributed by atoms with E-state index in [2.05, 4.69) is 35.0 Å². The molecule has 0 radical (unpaired) electrons. The van der Waals surface area contributed by atoms with Gasteiger partial charge >= 0.3 is 0 Å². The average Bonchev–Trinajstić information content (AvgIpc) is 3.43. The lowest BCUT2D eigenvalue weighted by Gasteiger charge is -2.11. The van der Waals surface area contributed by atoms with Gasteiger partial charge in [-0.3, -0.25) is 4.79 Å². The second kappa shape index (κ2) is 10.8. The van der Waals surface area contributed by atoms with Crippen molar-refractivity contribution in [2.45, 2.75) is 6.54 Å². The van der Waals surface area contributed by atoms with Gasteiger partial charge in [-0.25, -0.2) is 4.98 Å². The largest absolute Gasteiger partial charge is 0.348 e. The van der Waals surface area contributed by atoms with E-state index < -0.39 is 0 Å². The summed E-state index contributed by atoms with van der Waals surface area (Å²) < 4.78 is 0. The van der Waals surface area contributed by atoms with E-state index in [1.807, 2.05) is 97.1 Å². The summed E-state index contributed by atoms with van der Waals surface area (Å²) in [4.78, 5) is 18.1. The predicted octanol–water partition coefficient (Wildman–Crippen LogP) is 7.33. The van der Waals surface area contributed by atoms with E-state index in [4.69, 9.17) is 4.98 Å². The number of nitrogens with zero attached hydrogens (tertiary/aromatic N) is 1. The fourth-order valence-electron chi connectivity index (χ4n) is 3.85. The van der Waals surface area contributed by atoms with Crippen LogP contribution >= 0.6 is 11.3 Å². The number of thiazole rings is 1. The highest BCUT2D eigenvalue weighted by Crippen LogP contribution is 2.29. The van der Waals surface area contributed by atoms with Crippen LogP contribution in [0.25, 0.3) is 33.5 Å². The van der Waals surface area contributed by atoms with Crippen molar-refractivity contribution in [3.63, 3.8) is 0 Å². The minimum Gasteiger partial charge on any atom is -0.348 e. The second-order valence-corrected chi connectivity index (χ2v) is 8.98. The van der Waals surface area contributed by atoms with E-state index in [1.165, 1.54) is 0 Å². The van der Waals surface area contributed by atoms with Crippen LogP contribution in [0.3, 0.4) is 0 Å². The molecule has 4 heteroatoms. The molecular formula is C31H24N2OS. The fourth-order valence-corrected chi connectivity index (χ4v) is 4.68. The van der Waals surface area contributed by atoms with Crippen LogP contribution in [0, 0.1) is 0 Å². The molecule has 1 heterocycles. The lowest BCUT2D eigenvalue weighted by Crippen LogP contribution is -2.23. The Bertz CT molecular complexity index is 1440. The third-order valence-corrected chi connectivity index (χ3v) is 6.53. The SMILES string of the molecule is O=C(NCc1cccc(-c2nc(-c3ccccc3)cs2)c1)/C(=C\c1ccccc1)c1ccccc1. The Morgan fingerprint density at radius 3 is 2.17 bits per heavy atom. The van der Waals surface area contributed by atoms with Gasteiger partial charge in [0, 0.05) is 28.6 Å². The number of carbonyl (C=O) groups excluding carboxylic acids is 1. The molecule has 4 aromatic carbocycles. The molecule has 0 aliphatic rings. The van der Waals surface area contributed by atoms with Crippen molar-refractivity contribution in [1.82, 2.24) is 10.3 Å². The molecule has 170 valence electrons. The topological polar surface area (TPSA) is 42.0 Å². The number of amides is 1. The highest BCUT2D eigenvalue weighted by molar-refractivity contribution is 7.13. The first-order valence-electron chi connectivity index (χ1n) is 11.5. The molecule has 0 spiro atoms. The molecule has 0 fully saturated rings. The standard InChI is InChI=1S/C31H24N2OS/c34-30(28(25-14-6-2-7-15-25)20-23-11-4-1-5-12-23)32-21-24-13-10-18-27(19-24)31-33-29(22-35-31)26-16-8-3-9-17-26/h1-20,22H,21H2,(H,32,34)/b28-20-. The second-order valence-electron chi connectivity index (χ2n) is 8.12. The van der Waals surface area contributed by atoms with Gasteiger partial charge in [0.1, 0.15) is 5.01 Å². The number of benzene rings is 4. The Morgan fingerprint density at radius 2 is 1.43 bits per heavy atom. The van der Waals surface area contributed by atoms with Gasteiger partial charge in [0.25, 0.3) is 5.91 Å². The molecule has 0 saturated heterocycles. The Balaban J connectivity index is 1.34. The Kier molecular flexibility index (Phi) is 6.92. The van der Waals surface area contributed by atoms with Crippen molar-refractivity contribution in [2.24, 2.45) is 0 Å². The van der Waals surface area contributed by atoms with E-state index in [9.17, 15) is 4.79 Å². The molecule has 0 bridgehead atoms. The predicted molar refractivity (Wildman–Crippen MR) is 146 cm³/mol. The van der Waals surface area contributed by atoms with E-state index in [0.29, 0.717) is 12.1 Å². The smallest absolute Gasteiger partial charge is 0.252 e. The van der Waals surface area contributed by atoms with Crippen molar-refractivity contribution >= 4 is 28.9 Å². The number of rotatable bonds is 7. The van der Waals surface area contributed by atoms with E-state index in [-0.39, 0.29) is 5.91 Å². The zero-order chi connectivity index (χ0) is 23.9. The van der Waals surface area contributed by atoms with Gasteiger partial charge < -0.3 is 5.32 Å². The number of aromatic nitrogens is 1. The van der Waals surface area contributed by atoms with Crippen LogP contribution < -0.4 is 5.32 Å². The molecule has 0 unspecified atom stereocenters. The van der Waals surface area contributed by atoms with E-state index >= 15 is 0 Å². The zero-order valence-electron chi connectivity index (χ0n) is 19.1. The molecule has 0 aliphatic carbocycles. The highest BCUT2D eigenvalue weighted by Gasteiger charge is 2.13. The van der Waals surface area contributed by atoms with Gasteiger partial charge in [-0.15, -0.1) is 11.3 Å². The van der Waals surface area contributed by atoms with Crippen molar-refractivity contribution in [3.05, 3.63) is 137 Å². The van der Waals surface area contributed by atoms with E-state index in [0.717, 1.165) is 38.5 Å². The van der Waals surface area contributed by atoms with Crippen LogP contribution in [0.4, 0.5) is 0 Å².